The van der Waals surface area contributed by atoms with Gasteiger partial charge in [0.2, 0.25) is 0 Å². The van der Waals surface area contributed by atoms with Gasteiger partial charge in [0, 0.05) is 13.1 Å². The highest BCUT2D eigenvalue weighted by Gasteiger charge is 2.28. The third kappa shape index (κ3) is 3.70. The Bertz CT molecular complexity index is 408. The molecule has 19 heavy (non-hydrogen) atoms. The van der Waals surface area contributed by atoms with Gasteiger partial charge in [-0.2, -0.15) is 0 Å². The summed E-state index contributed by atoms with van der Waals surface area (Å²) in [7, 11) is 0. The van der Waals surface area contributed by atoms with Crippen molar-refractivity contribution < 1.29 is 9.53 Å². The minimum absolute atomic E-state index is 0.217. The monoisotopic (exact) mass is 262 g/mol. The van der Waals surface area contributed by atoms with Gasteiger partial charge in [-0.05, 0) is 30.4 Å². The number of benzene rings is 1. The molecule has 1 aliphatic rings. The minimum Gasteiger partial charge on any atom is -0.445 e. The van der Waals surface area contributed by atoms with Crippen LogP contribution in [0.2, 0.25) is 0 Å². The van der Waals surface area contributed by atoms with Crippen molar-refractivity contribution in [1.29, 1.82) is 0 Å². The van der Waals surface area contributed by atoms with Crippen molar-refractivity contribution in [1.82, 2.24) is 4.90 Å². The molecule has 2 atom stereocenters. The molecule has 1 heterocycles. The molecule has 2 unspecified atom stereocenters. The lowest BCUT2D eigenvalue weighted by molar-refractivity contribution is 0.0688. The molecule has 4 nitrogen and oxygen atoms in total. The zero-order chi connectivity index (χ0) is 13.7. The van der Waals surface area contributed by atoms with E-state index in [2.05, 4.69) is 6.92 Å². The molecule has 1 aliphatic heterocycles. The zero-order valence-electron chi connectivity index (χ0n) is 11.4. The van der Waals surface area contributed by atoms with Gasteiger partial charge in [0.25, 0.3) is 0 Å². The number of piperidine rings is 1. The highest BCUT2D eigenvalue weighted by molar-refractivity contribution is 5.67. The van der Waals surface area contributed by atoms with E-state index in [1.54, 1.807) is 4.90 Å². The molecule has 0 spiro atoms. The molecular formula is C15H22N2O2. The fourth-order valence-corrected chi connectivity index (χ4v) is 2.52. The normalized spacial score (nSPS) is 23.2. The summed E-state index contributed by atoms with van der Waals surface area (Å²) in [5, 5.41) is 0. The van der Waals surface area contributed by atoms with Crippen molar-refractivity contribution in [3.05, 3.63) is 35.9 Å². The topological polar surface area (TPSA) is 55.6 Å². The number of carbonyl (C=O) groups is 1. The summed E-state index contributed by atoms with van der Waals surface area (Å²) in [5.74, 6) is 0.973. The lowest BCUT2D eigenvalue weighted by Crippen LogP contribution is -2.44. The van der Waals surface area contributed by atoms with Crippen molar-refractivity contribution in [2.75, 3.05) is 19.6 Å². The van der Waals surface area contributed by atoms with Crippen LogP contribution in [0.1, 0.15) is 18.9 Å². The van der Waals surface area contributed by atoms with Gasteiger partial charge in [-0.15, -0.1) is 0 Å². The molecule has 1 aromatic rings. The summed E-state index contributed by atoms with van der Waals surface area (Å²) < 4.78 is 5.34. The van der Waals surface area contributed by atoms with Gasteiger partial charge in [-0.1, -0.05) is 37.3 Å². The fourth-order valence-electron chi connectivity index (χ4n) is 2.52. The Balaban J connectivity index is 1.81. The molecule has 1 saturated heterocycles. The van der Waals surface area contributed by atoms with Crippen LogP contribution in [-0.2, 0) is 11.3 Å². The van der Waals surface area contributed by atoms with Gasteiger partial charge in [0.05, 0.1) is 0 Å². The van der Waals surface area contributed by atoms with Crippen LogP contribution >= 0.6 is 0 Å². The lowest BCUT2D eigenvalue weighted by atomic mass is 9.87. The second-order valence-corrected chi connectivity index (χ2v) is 5.25. The Morgan fingerprint density at radius 3 is 2.79 bits per heavy atom. The van der Waals surface area contributed by atoms with Crippen molar-refractivity contribution in [2.45, 2.75) is 20.0 Å². The second-order valence-electron chi connectivity index (χ2n) is 5.25. The summed E-state index contributed by atoms with van der Waals surface area (Å²) in [6, 6.07) is 9.74. The maximum atomic E-state index is 12.0. The first-order valence-electron chi connectivity index (χ1n) is 6.86. The maximum Gasteiger partial charge on any atom is 0.410 e. The van der Waals surface area contributed by atoms with E-state index >= 15 is 0 Å². The first-order valence-corrected chi connectivity index (χ1v) is 6.86. The third-order valence-electron chi connectivity index (χ3n) is 3.85. The molecule has 0 aromatic heterocycles. The molecule has 1 aromatic carbocycles. The van der Waals surface area contributed by atoms with E-state index in [-0.39, 0.29) is 6.09 Å². The van der Waals surface area contributed by atoms with Crippen LogP contribution in [0.15, 0.2) is 30.3 Å². The van der Waals surface area contributed by atoms with Gasteiger partial charge in [0.15, 0.2) is 0 Å². The lowest BCUT2D eigenvalue weighted by Gasteiger charge is -2.35. The Morgan fingerprint density at radius 1 is 1.42 bits per heavy atom. The molecule has 1 fully saturated rings. The Morgan fingerprint density at radius 2 is 2.16 bits per heavy atom. The average molecular weight is 262 g/mol. The first kappa shape index (κ1) is 13.9. The van der Waals surface area contributed by atoms with Gasteiger partial charge in [-0.3, -0.25) is 0 Å². The highest BCUT2D eigenvalue weighted by Crippen LogP contribution is 2.22. The number of ether oxygens (including phenoxy) is 1. The van der Waals surface area contributed by atoms with E-state index in [0.717, 1.165) is 25.1 Å². The van der Waals surface area contributed by atoms with Crippen molar-refractivity contribution in [3.63, 3.8) is 0 Å². The number of nitrogens with two attached hydrogens (primary N) is 1. The molecule has 0 aliphatic carbocycles. The number of amides is 1. The summed E-state index contributed by atoms with van der Waals surface area (Å²) in [4.78, 5) is 13.8. The van der Waals surface area contributed by atoms with E-state index in [9.17, 15) is 4.79 Å². The summed E-state index contributed by atoms with van der Waals surface area (Å²) in [5.41, 5.74) is 6.73. The van der Waals surface area contributed by atoms with E-state index in [1.165, 1.54) is 0 Å². The molecule has 2 rings (SSSR count). The van der Waals surface area contributed by atoms with Crippen LogP contribution < -0.4 is 5.73 Å². The van der Waals surface area contributed by atoms with E-state index in [4.69, 9.17) is 10.5 Å². The fraction of sp³-hybridized carbons (Fsp3) is 0.533. The van der Waals surface area contributed by atoms with Crippen LogP contribution in [0.3, 0.4) is 0 Å². The molecule has 0 saturated carbocycles. The van der Waals surface area contributed by atoms with Crippen LogP contribution in [0.4, 0.5) is 4.79 Å². The smallest absolute Gasteiger partial charge is 0.410 e. The van der Waals surface area contributed by atoms with E-state index in [0.29, 0.717) is 25.0 Å². The SMILES string of the molecule is CC1CN(C(=O)OCc2ccccc2)CCC1CN. The highest BCUT2D eigenvalue weighted by atomic mass is 16.6. The number of hydrogen-bond donors (Lipinski definition) is 1. The van der Waals surface area contributed by atoms with Gasteiger partial charge in [-0.25, -0.2) is 4.79 Å². The minimum atomic E-state index is -0.217. The summed E-state index contributed by atoms with van der Waals surface area (Å²) in [6.07, 6.45) is 0.754. The number of carbonyl (C=O) groups excluding carboxylic acids is 1. The predicted octanol–water partition coefficient (Wildman–Crippen LogP) is 2.24. The van der Waals surface area contributed by atoms with Gasteiger partial charge < -0.3 is 15.4 Å². The summed E-state index contributed by atoms with van der Waals surface area (Å²) in [6.45, 7) is 4.68. The van der Waals surface area contributed by atoms with Crippen molar-refractivity contribution in [2.24, 2.45) is 17.6 Å². The van der Waals surface area contributed by atoms with E-state index < -0.39 is 0 Å². The van der Waals surface area contributed by atoms with E-state index in [1.807, 2.05) is 30.3 Å². The van der Waals surface area contributed by atoms with Crippen LogP contribution in [-0.4, -0.2) is 30.6 Å². The molecular weight excluding hydrogens is 240 g/mol. The average Bonchev–Trinajstić information content (AvgIpc) is 2.45. The number of rotatable bonds is 3. The Hall–Kier alpha value is -1.55. The maximum absolute atomic E-state index is 12.0. The Labute approximate surface area is 114 Å². The van der Waals surface area contributed by atoms with Crippen LogP contribution in [0, 0.1) is 11.8 Å². The molecule has 2 N–H and O–H groups in total. The molecule has 104 valence electrons. The largest absolute Gasteiger partial charge is 0.445 e. The number of hydrogen-bond acceptors (Lipinski definition) is 3. The van der Waals surface area contributed by atoms with Crippen molar-refractivity contribution >= 4 is 6.09 Å². The molecule has 4 heteroatoms. The molecule has 0 radical (unpaired) electrons. The zero-order valence-corrected chi connectivity index (χ0v) is 11.4. The quantitative estimate of drug-likeness (QED) is 0.909. The van der Waals surface area contributed by atoms with Crippen LogP contribution in [0.5, 0.6) is 0 Å². The van der Waals surface area contributed by atoms with Gasteiger partial charge >= 0.3 is 6.09 Å². The summed E-state index contributed by atoms with van der Waals surface area (Å²) >= 11 is 0. The first-order chi connectivity index (χ1) is 9.20. The van der Waals surface area contributed by atoms with Crippen molar-refractivity contribution in [3.8, 4) is 0 Å². The number of nitrogens with zero attached hydrogens (tertiary/aromatic N) is 1. The molecule has 0 bridgehead atoms. The van der Waals surface area contributed by atoms with Gasteiger partial charge in [0.1, 0.15) is 6.61 Å². The standard InChI is InChI=1S/C15H22N2O2/c1-12-10-17(8-7-14(12)9-16)15(18)19-11-13-5-3-2-4-6-13/h2-6,12,14H,7-11,16H2,1H3. The predicted molar refractivity (Wildman–Crippen MR) is 74.5 cm³/mol. The number of likely N-dealkylation sites (tertiary alicyclic amines) is 1. The Kier molecular flexibility index (Phi) is 4.80. The molecule has 1 amide bonds. The second kappa shape index (κ2) is 6.57. The third-order valence-corrected chi connectivity index (χ3v) is 3.85. The van der Waals surface area contributed by atoms with Crippen LogP contribution in [0.25, 0.3) is 0 Å².